The fourth-order valence-corrected chi connectivity index (χ4v) is 3.67. The Bertz CT molecular complexity index is 1150. The van der Waals surface area contributed by atoms with Crippen molar-refractivity contribution in [3.63, 3.8) is 0 Å². The van der Waals surface area contributed by atoms with Crippen molar-refractivity contribution in [2.45, 2.75) is 39.0 Å². The molecule has 1 unspecified atom stereocenters. The molecule has 2 amide bonds. The van der Waals surface area contributed by atoms with Crippen LogP contribution in [0.3, 0.4) is 0 Å². The Morgan fingerprint density at radius 1 is 1.25 bits per heavy atom. The molecule has 1 aliphatic heterocycles. The summed E-state index contributed by atoms with van der Waals surface area (Å²) in [7, 11) is 0. The second-order valence-electron chi connectivity index (χ2n) is 7.72. The Kier molecular flexibility index (Phi) is 6.20. The number of carbonyl (C=O) groups is 2. The Balaban J connectivity index is 1.36. The molecular weight excluding hydrogens is 415 g/mol. The molecule has 0 radical (unpaired) electrons. The van der Waals surface area contributed by atoms with E-state index in [1.807, 2.05) is 0 Å². The lowest BCUT2D eigenvalue weighted by molar-refractivity contribution is -0.130. The Labute approximate surface area is 184 Å². The van der Waals surface area contributed by atoms with Crippen LogP contribution in [0.1, 0.15) is 52.4 Å². The third kappa shape index (κ3) is 4.79. The highest BCUT2D eigenvalue weighted by Gasteiger charge is 2.29. The minimum Gasteiger partial charge on any atom is -0.342 e. The number of carbonyl (C=O) groups excluding carboxylic acids is 2. The molecule has 166 valence electrons. The highest BCUT2D eigenvalue weighted by atomic mass is 19.1. The van der Waals surface area contributed by atoms with Gasteiger partial charge in [-0.3, -0.25) is 9.59 Å². The van der Waals surface area contributed by atoms with Crippen LogP contribution in [0.5, 0.6) is 0 Å². The predicted octanol–water partition coefficient (Wildman–Crippen LogP) is 2.82. The van der Waals surface area contributed by atoms with Gasteiger partial charge in [-0.2, -0.15) is 4.98 Å². The minimum atomic E-state index is -0.513. The number of benzene rings is 1. The number of nitrogens with zero attached hydrogens (tertiary/aromatic N) is 5. The molecule has 1 saturated heterocycles. The standard InChI is InChI=1S/C22H23FN6O3/c1-13-16(22(31)27-18-6-4-3-5-17(18)23)11-24-21(25-13)15-9-10-29(12-15)20(30)8-7-19-26-14(2)28-32-19/h3-6,11,15H,7-10,12H2,1-2H3,(H,27,31). The van der Waals surface area contributed by atoms with E-state index in [9.17, 15) is 14.0 Å². The summed E-state index contributed by atoms with van der Waals surface area (Å²) in [6, 6.07) is 5.96. The van der Waals surface area contributed by atoms with Crippen LogP contribution in [0.4, 0.5) is 10.1 Å². The van der Waals surface area contributed by atoms with Crippen LogP contribution in [0.25, 0.3) is 0 Å². The van der Waals surface area contributed by atoms with Gasteiger partial charge in [-0.15, -0.1) is 0 Å². The van der Waals surface area contributed by atoms with E-state index < -0.39 is 11.7 Å². The van der Waals surface area contributed by atoms with Crippen LogP contribution in [0, 0.1) is 19.7 Å². The van der Waals surface area contributed by atoms with Crippen LogP contribution >= 0.6 is 0 Å². The van der Waals surface area contributed by atoms with E-state index in [4.69, 9.17) is 4.52 Å². The zero-order valence-electron chi connectivity index (χ0n) is 17.8. The summed E-state index contributed by atoms with van der Waals surface area (Å²) in [5, 5.41) is 6.27. The number of para-hydroxylation sites is 1. The van der Waals surface area contributed by atoms with Gasteiger partial charge in [-0.25, -0.2) is 14.4 Å². The maximum Gasteiger partial charge on any atom is 0.259 e. The smallest absolute Gasteiger partial charge is 0.259 e. The molecule has 3 heterocycles. The molecule has 0 spiro atoms. The predicted molar refractivity (Wildman–Crippen MR) is 112 cm³/mol. The van der Waals surface area contributed by atoms with Crippen molar-refractivity contribution in [1.82, 2.24) is 25.0 Å². The second-order valence-corrected chi connectivity index (χ2v) is 7.72. The minimum absolute atomic E-state index is 0.00743. The topological polar surface area (TPSA) is 114 Å². The molecule has 1 aliphatic rings. The van der Waals surface area contributed by atoms with Crippen molar-refractivity contribution >= 4 is 17.5 Å². The lowest BCUT2D eigenvalue weighted by Crippen LogP contribution is -2.29. The summed E-state index contributed by atoms with van der Waals surface area (Å²) in [5.74, 6) is 0.613. The summed E-state index contributed by atoms with van der Waals surface area (Å²) in [6.07, 6.45) is 2.90. The molecule has 10 heteroatoms. The Morgan fingerprint density at radius 3 is 2.78 bits per heavy atom. The molecule has 0 bridgehead atoms. The quantitative estimate of drug-likeness (QED) is 0.629. The summed E-state index contributed by atoms with van der Waals surface area (Å²) >= 11 is 0. The van der Waals surface area contributed by atoms with E-state index >= 15 is 0 Å². The maximum atomic E-state index is 13.8. The van der Waals surface area contributed by atoms with Crippen molar-refractivity contribution in [2.75, 3.05) is 18.4 Å². The molecule has 4 rings (SSSR count). The fraction of sp³-hybridized carbons (Fsp3) is 0.364. The highest BCUT2D eigenvalue weighted by molar-refractivity contribution is 6.04. The molecule has 1 N–H and O–H groups in total. The van der Waals surface area contributed by atoms with Gasteiger partial charge in [0, 0.05) is 38.0 Å². The average molecular weight is 438 g/mol. The number of hydrogen-bond acceptors (Lipinski definition) is 7. The second kappa shape index (κ2) is 9.21. The van der Waals surface area contributed by atoms with E-state index in [2.05, 4.69) is 25.4 Å². The molecule has 0 aliphatic carbocycles. The van der Waals surface area contributed by atoms with Crippen molar-refractivity contribution in [3.8, 4) is 0 Å². The van der Waals surface area contributed by atoms with E-state index in [-0.39, 0.29) is 23.1 Å². The van der Waals surface area contributed by atoms with Gasteiger partial charge in [-0.05, 0) is 32.4 Å². The lowest BCUT2D eigenvalue weighted by Gasteiger charge is -2.16. The van der Waals surface area contributed by atoms with E-state index in [0.29, 0.717) is 49.2 Å². The number of halogens is 1. The molecule has 0 saturated carbocycles. The fourth-order valence-electron chi connectivity index (χ4n) is 3.67. The number of anilines is 1. The number of nitrogens with one attached hydrogen (secondary N) is 1. The Hall–Kier alpha value is -3.69. The number of rotatable bonds is 6. The Morgan fingerprint density at radius 2 is 2.06 bits per heavy atom. The monoisotopic (exact) mass is 438 g/mol. The van der Waals surface area contributed by atoms with Gasteiger partial charge in [0.25, 0.3) is 5.91 Å². The average Bonchev–Trinajstić information content (AvgIpc) is 3.43. The third-order valence-electron chi connectivity index (χ3n) is 5.39. The molecule has 1 fully saturated rings. The first-order valence-corrected chi connectivity index (χ1v) is 10.4. The highest BCUT2D eigenvalue weighted by Crippen LogP contribution is 2.26. The van der Waals surface area contributed by atoms with Gasteiger partial charge in [0.2, 0.25) is 11.8 Å². The number of aryl methyl sites for hydroxylation is 3. The first-order chi connectivity index (χ1) is 15.4. The SMILES string of the molecule is Cc1noc(CCC(=O)N2CCC(c3ncc(C(=O)Nc4ccccc4F)c(C)n3)C2)n1. The zero-order valence-corrected chi connectivity index (χ0v) is 17.8. The van der Waals surface area contributed by atoms with Crippen LogP contribution in [-0.4, -0.2) is 49.9 Å². The van der Waals surface area contributed by atoms with Crippen LogP contribution in [0.15, 0.2) is 35.0 Å². The van der Waals surface area contributed by atoms with E-state index in [1.54, 1.807) is 30.9 Å². The van der Waals surface area contributed by atoms with Crippen molar-refractivity contribution < 1.29 is 18.5 Å². The van der Waals surface area contributed by atoms with Crippen molar-refractivity contribution in [2.24, 2.45) is 0 Å². The summed E-state index contributed by atoms with van der Waals surface area (Å²) < 4.78 is 18.8. The molecule has 1 aromatic carbocycles. The van der Waals surface area contributed by atoms with E-state index in [0.717, 1.165) is 6.42 Å². The maximum absolute atomic E-state index is 13.8. The normalized spacial score (nSPS) is 15.7. The number of amides is 2. The van der Waals surface area contributed by atoms with Crippen LogP contribution < -0.4 is 5.32 Å². The van der Waals surface area contributed by atoms with Gasteiger partial charge in [-0.1, -0.05) is 17.3 Å². The van der Waals surface area contributed by atoms with Crippen molar-refractivity contribution in [3.05, 3.63) is 65.1 Å². The van der Waals surface area contributed by atoms with Crippen molar-refractivity contribution in [1.29, 1.82) is 0 Å². The van der Waals surface area contributed by atoms with Crippen LogP contribution in [-0.2, 0) is 11.2 Å². The van der Waals surface area contributed by atoms with E-state index in [1.165, 1.54) is 18.3 Å². The molecule has 2 aromatic heterocycles. The molecule has 3 aromatic rings. The number of hydrogen-bond donors (Lipinski definition) is 1. The summed E-state index contributed by atoms with van der Waals surface area (Å²) in [4.78, 5) is 39.8. The summed E-state index contributed by atoms with van der Waals surface area (Å²) in [5.41, 5.74) is 0.875. The molecular formula is C22H23FN6O3. The first kappa shape index (κ1) is 21.5. The van der Waals surface area contributed by atoms with Gasteiger partial charge < -0.3 is 14.7 Å². The zero-order chi connectivity index (χ0) is 22.7. The molecule has 1 atom stereocenters. The van der Waals surface area contributed by atoms with Gasteiger partial charge in [0.1, 0.15) is 11.6 Å². The largest absolute Gasteiger partial charge is 0.342 e. The number of aromatic nitrogens is 4. The van der Waals surface area contributed by atoms with Gasteiger partial charge >= 0.3 is 0 Å². The molecule has 32 heavy (non-hydrogen) atoms. The summed E-state index contributed by atoms with van der Waals surface area (Å²) in [6.45, 7) is 4.58. The first-order valence-electron chi connectivity index (χ1n) is 10.4. The third-order valence-corrected chi connectivity index (χ3v) is 5.39. The van der Waals surface area contributed by atoms with Crippen LogP contribution in [0.2, 0.25) is 0 Å². The molecule has 9 nitrogen and oxygen atoms in total. The van der Waals surface area contributed by atoms with Gasteiger partial charge in [0.05, 0.1) is 16.9 Å². The number of likely N-dealkylation sites (tertiary alicyclic amines) is 1. The van der Waals surface area contributed by atoms with Gasteiger partial charge in [0.15, 0.2) is 5.82 Å². The lowest BCUT2D eigenvalue weighted by atomic mass is 10.1.